The maximum absolute atomic E-state index is 14.3. The van der Waals surface area contributed by atoms with E-state index >= 15 is 0 Å². The molecule has 2 aliphatic heterocycles. The Labute approximate surface area is 324 Å². The van der Waals surface area contributed by atoms with Gasteiger partial charge in [0.2, 0.25) is 0 Å². The topological polar surface area (TPSA) is 175 Å². The zero-order chi connectivity index (χ0) is 41.2. The molecule has 3 rings (SSSR count). The molecule has 0 aromatic carbocycles. The lowest BCUT2D eigenvalue weighted by Gasteiger charge is -2.43. The van der Waals surface area contributed by atoms with E-state index < -0.39 is 68.0 Å². The lowest BCUT2D eigenvalue weighted by Crippen LogP contribution is -2.59. The molecule has 13 nitrogen and oxygen atoms in total. The van der Waals surface area contributed by atoms with E-state index in [0.29, 0.717) is 18.4 Å². The quantitative estimate of drug-likeness (QED) is 0.0747. The van der Waals surface area contributed by atoms with Gasteiger partial charge in [-0.3, -0.25) is 23.5 Å². The average molecular weight is 814 g/mol. The van der Waals surface area contributed by atoms with Crippen molar-refractivity contribution in [1.82, 2.24) is 9.13 Å². The number of aromatic nitrogens is 2. The highest BCUT2D eigenvalue weighted by Gasteiger charge is 2.67. The largest absolute Gasteiger partial charge is 0.414 e. The summed E-state index contributed by atoms with van der Waals surface area (Å²) in [7, 11) is -9.37. The summed E-state index contributed by atoms with van der Waals surface area (Å²) in [6.45, 7) is 25.3. The van der Waals surface area contributed by atoms with Gasteiger partial charge in [0.1, 0.15) is 23.8 Å². The van der Waals surface area contributed by atoms with Crippen molar-refractivity contribution in [1.29, 1.82) is 0 Å². The van der Waals surface area contributed by atoms with Crippen LogP contribution in [0.4, 0.5) is 0 Å². The molecule has 0 radical (unpaired) electrons. The summed E-state index contributed by atoms with van der Waals surface area (Å²) in [5.74, 6) is -0.673. The second-order valence-corrected chi connectivity index (χ2v) is 29.3. The van der Waals surface area contributed by atoms with E-state index in [1.807, 2.05) is 13.1 Å². The minimum atomic E-state index is -4.25. The maximum atomic E-state index is 14.3. The van der Waals surface area contributed by atoms with Gasteiger partial charge in [-0.1, -0.05) is 80.1 Å². The predicted octanol–water partition coefficient (Wildman–Crippen LogP) is 6.44. The number of nitrogens with zero attached hydrogens (tertiary/aromatic N) is 2. The minimum absolute atomic E-state index is 0.0597. The first kappa shape index (κ1) is 46.2. The lowest BCUT2D eigenvalue weighted by atomic mass is 9.89. The second kappa shape index (κ2) is 17.1. The fourth-order valence-corrected chi connectivity index (χ4v) is 10.1. The Kier molecular flexibility index (Phi) is 14.6. The molecular weight excluding hydrogens is 747 g/mol. The van der Waals surface area contributed by atoms with E-state index in [1.54, 1.807) is 6.92 Å². The van der Waals surface area contributed by atoms with Gasteiger partial charge in [0.15, 0.2) is 28.5 Å². The number of unbranched alkanes of at least 4 members (excludes halogenated alkanes) is 6. The standard InChI is InChI=1S/C38H67N3O10SSi2/c1-26-23-41(35(45)40(33(26)44)22-20-18-16-14-15-17-19-21-29(27(2)42)28(3)43)34-32(50-54(12,13)37(7,8)9)38(30(39)25-52(46,47)51-38)31(49-34)24-48-53(10,11)36(4,5)6/h23,25,29,31-32,34H,14-22,24,39H2,1-13H3/t31?,32-,34+,38?/m0/s1. The van der Waals surface area contributed by atoms with E-state index in [4.69, 9.17) is 23.5 Å². The first-order chi connectivity index (χ1) is 24.6. The summed E-state index contributed by atoms with van der Waals surface area (Å²) in [6.07, 6.45) is 4.54. The molecule has 0 bridgehead atoms. The van der Waals surface area contributed by atoms with Gasteiger partial charge in [-0.25, -0.2) is 8.98 Å². The number of nitrogens with two attached hydrogens (primary N) is 1. The van der Waals surface area contributed by atoms with Crippen LogP contribution in [0.15, 0.2) is 26.9 Å². The first-order valence-electron chi connectivity index (χ1n) is 19.3. The van der Waals surface area contributed by atoms with Gasteiger partial charge in [-0.05, 0) is 69.9 Å². The van der Waals surface area contributed by atoms with Crippen LogP contribution in [0.2, 0.25) is 36.3 Å². The molecule has 0 amide bonds. The Hall–Kier alpha value is -2.22. The molecule has 2 N–H and O–H groups in total. The fraction of sp³-hybridized carbons (Fsp3) is 0.789. The van der Waals surface area contributed by atoms with Crippen LogP contribution in [0.25, 0.3) is 0 Å². The van der Waals surface area contributed by atoms with Gasteiger partial charge in [-0.2, -0.15) is 8.42 Å². The SMILES string of the molecule is CC(=O)C(CCCCCCCCCn1c(=O)c(C)cn([C@@H]2OC(CO[Si](C)(C)C(C)(C)C)C3(OS(=O)(=O)C=C3N)[C@H]2O[Si](C)(C)C(C)(C)C)c1=O)C(C)=O. The molecule has 0 saturated carbocycles. The molecule has 1 aromatic rings. The van der Waals surface area contributed by atoms with Gasteiger partial charge in [0, 0.05) is 18.3 Å². The lowest BCUT2D eigenvalue weighted by molar-refractivity contribution is -0.130. The second-order valence-electron chi connectivity index (χ2n) is 18.3. The van der Waals surface area contributed by atoms with Crippen LogP contribution in [0.5, 0.6) is 0 Å². The van der Waals surface area contributed by atoms with Gasteiger partial charge in [-0.15, -0.1) is 0 Å². The molecule has 16 heteroatoms. The third kappa shape index (κ3) is 10.2. The van der Waals surface area contributed by atoms with E-state index in [9.17, 15) is 27.6 Å². The van der Waals surface area contributed by atoms with Gasteiger partial charge >= 0.3 is 5.69 Å². The summed E-state index contributed by atoms with van der Waals surface area (Å²) in [6, 6.07) is 0. The van der Waals surface area contributed by atoms with Crippen molar-refractivity contribution in [2.45, 2.75) is 181 Å². The van der Waals surface area contributed by atoms with E-state index in [0.717, 1.165) is 43.9 Å². The van der Waals surface area contributed by atoms with Crippen LogP contribution in [-0.2, 0) is 44.0 Å². The number of rotatable bonds is 18. The van der Waals surface area contributed by atoms with Gasteiger partial charge in [0.05, 0.1) is 23.6 Å². The van der Waals surface area contributed by atoms with Crippen molar-refractivity contribution >= 4 is 38.3 Å². The molecule has 2 unspecified atom stereocenters. The van der Waals surface area contributed by atoms with Crippen LogP contribution in [0.1, 0.15) is 119 Å². The fourth-order valence-electron chi connectivity index (χ4n) is 6.55. The molecule has 308 valence electrons. The molecule has 3 heterocycles. The van der Waals surface area contributed by atoms with Crippen LogP contribution >= 0.6 is 0 Å². The van der Waals surface area contributed by atoms with Crippen LogP contribution in [0.3, 0.4) is 0 Å². The molecule has 2 aliphatic rings. The number of Topliss-reactive ketones (excluding diaryl/α,β-unsaturated/α-hetero) is 2. The highest BCUT2D eigenvalue weighted by atomic mass is 32.2. The highest BCUT2D eigenvalue weighted by Crippen LogP contribution is 2.52. The summed E-state index contributed by atoms with van der Waals surface area (Å²) < 4.78 is 55.0. The number of hydrogen-bond donors (Lipinski definition) is 1. The molecular formula is C38H67N3O10SSi2. The Morgan fingerprint density at radius 3 is 1.91 bits per heavy atom. The Morgan fingerprint density at radius 1 is 0.907 bits per heavy atom. The summed E-state index contributed by atoms with van der Waals surface area (Å²) >= 11 is 0. The van der Waals surface area contributed by atoms with Crippen LogP contribution in [0, 0.1) is 12.8 Å². The molecule has 1 saturated heterocycles. The predicted molar refractivity (Wildman–Crippen MR) is 216 cm³/mol. The molecule has 54 heavy (non-hydrogen) atoms. The van der Waals surface area contributed by atoms with Crippen molar-refractivity contribution in [2.24, 2.45) is 11.7 Å². The smallest absolute Gasteiger partial charge is 0.333 e. The van der Waals surface area contributed by atoms with Crippen molar-refractivity contribution in [2.75, 3.05) is 6.61 Å². The van der Waals surface area contributed by atoms with Crippen molar-refractivity contribution < 1.29 is 35.8 Å². The van der Waals surface area contributed by atoms with Gasteiger partial charge in [0.25, 0.3) is 15.7 Å². The van der Waals surface area contributed by atoms with Crippen LogP contribution in [-0.4, -0.2) is 70.2 Å². The number of ether oxygens (including phenoxy) is 1. The molecule has 1 aromatic heterocycles. The van der Waals surface area contributed by atoms with Gasteiger partial charge < -0.3 is 19.3 Å². The Morgan fingerprint density at radius 2 is 1.43 bits per heavy atom. The average Bonchev–Trinajstić information content (AvgIpc) is 3.44. The third-order valence-electron chi connectivity index (χ3n) is 12.1. The number of carbonyl (C=O) groups is 2. The molecule has 1 fully saturated rings. The summed E-state index contributed by atoms with van der Waals surface area (Å²) in [4.78, 5) is 51.1. The normalized spacial score (nSPS) is 23.4. The zero-order valence-corrected chi connectivity index (χ0v) is 37.8. The maximum Gasteiger partial charge on any atom is 0.333 e. The third-order valence-corrected chi connectivity index (χ3v) is 22.1. The number of ketones is 2. The van der Waals surface area contributed by atoms with E-state index in [-0.39, 0.29) is 40.5 Å². The van der Waals surface area contributed by atoms with E-state index in [2.05, 4.69) is 54.6 Å². The molecule has 1 spiro atoms. The first-order valence-corrected chi connectivity index (χ1v) is 26.6. The number of hydrogen-bond acceptors (Lipinski definition) is 11. The number of carbonyl (C=O) groups excluding carboxylic acids is 2. The Bertz CT molecular complexity index is 1780. The molecule has 0 aliphatic carbocycles. The van der Waals surface area contributed by atoms with Crippen molar-refractivity contribution in [3.05, 3.63) is 43.7 Å². The number of aryl methyl sites for hydroxylation is 1. The molecule has 4 atom stereocenters. The Balaban J connectivity index is 1.94. The summed E-state index contributed by atoms with van der Waals surface area (Å²) in [5, 5.41) is 0.401. The minimum Gasteiger partial charge on any atom is -0.414 e. The van der Waals surface area contributed by atoms with Crippen molar-refractivity contribution in [3.8, 4) is 0 Å². The van der Waals surface area contributed by atoms with Crippen LogP contribution < -0.4 is 17.0 Å². The summed E-state index contributed by atoms with van der Waals surface area (Å²) in [5.41, 5.74) is 4.01. The van der Waals surface area contributed by atoms with Crippen molar-refractivity contribution in [3.63, 3.8) is 0 Å². The highest BCUT2D eigenvalue weighted by molar-refractivity contribution is 7.90. The monoisotopic (exact) mass is 813 g/mol. The zero-order valence-electron chi connectivity index (χ0n) is 35.0. The van der Waals surface area contributed by atoms with E-state index in [1.165, 1.54) is 29.2 Å².